The van der Waals surface area contributed by atoms with E-state index in [9.17, 15) is 4.79 Å². The first kappa shape index (κ1) is 12.5. The minimum Gasteiger partial charge on any atom is -0.304 e. The first-order chi connectivity index (χ1) is 8.08. The van der Waals surface area contributed by atoms with Crippen LogP contribution in [0.3, 0.4) is 0 Å². The van der Waals surface area contributed by atoms with Crippen molar-refractivity contribution in [3.8, 4) is 0 Å². The van der Waals surface area contributed by atoms with Crippen LogP contribution in [0.4, 0.5) is 0 Å². The van der Waals surface area contributed by atoms with Crippen molar-refractivity contribution in [3.63, 3.8) is 0 Å². The highest BCUT2D eigenvalue weighted by atomic mass is 79.9. The molecule has 0 bridgehead atoms. The van der Waals surface area contributed by atoms with Crippen LogP contribution >= 0.6 is 15.9 Å². The van der Waals surface area contributed by atoms with E-state index in [0.717, 1.165) is 22.7 Å². The molecule has 3 heteroatoms. The van der Waals surface area contributed by atoms with Crippen LogP contribution in [0.15, 0.2) is 22.7 Å². The van der Waals surface area contributed by atoms with Gasteiger partial charge < -0.3 is 5.32 Å². The number of hydrogen-bond acceptors (Lipinski definition) is 2. The molecular formula is C14H16BrNO. The summed E-state index contributed by atoms with van der Waals surface area (Å²) in [4.78, 5) is 11.5. The van der Waals surface area contributed by atoms with Crippen LogP contribution in [-0.2, 0) is 4.79 Å². The second kappa shape index (κ2) is 5.15. The molecule has 1 unspecified atom stereocenters. The van der Waals surface area contributed by atoms with Gasteiger partial charge in [-0.05, 0) is 49.4 Å². The third-order valence-electron chi connectivity index (χ3n) is 3.12. The number of rotatable bonds is 1. The quantitative estimate of drug-likeness (QED) is 0.847. The summed E-state index contributed by atoms with van der Waals surface area (Å²) in [6.07, 6.45) is 3.00. The number of fused-ring (bicyclic) bond motifs is 1. The maximum absolute atomic E-state index is 11.5. The van der Waals surface area contributed by atoms with Crippen molar-refractivity contribution in [2.75, 3.05) is 6.54 Å². The number of nitrogens with one attached hydrogen (secondary N) is 1. The molecule has 0 aromatic heterocycles. The molecule has 1 N–H and O–H groups in total. The standard InChI is InChI=1S/C14H16BrNO/c1-9-5-6-16-14(10(2)17)8-11-7-12(15)3-4-13(9)11/h3-4,7-8,14,16H,5-6H2,1-2H3. The zero-order chi connectivity index (χ0) is 12.4. The number of hydrogen-bond donors (Lipinski definition) is 1. The third kappa shape index (κ3) is 2.85. The van der Waals surface area contributed by atoms with E-state index in [1.807, 2.05) is 12.1 Å². The molecule has 1 atom stereocenters. The van der Waals surface area contributed by atoms with E-state index in [0.29, 0.717) is 0 Å². The summed E-state index contributed by atoms with van der Waals surface area (Å²) in [5.41, 5.74) is 1.36. The van der Waals surface area contributed by atoms with Gasteiger partial charge >= 0.3 is 0 Å². The molecule has 90 valence electrons. The van der Waals surface area contributed by atoms with E-state index in [4.69, 9.17) is 0 Å². The molecule has 1 aromatic rings. The Bertz CT molecular complexity index is 562. The van der Waals surface area contributed by atoms with Gasteiger partial charge in [-0.2, -0.15) is 0 Å². The first-order valence-electron chi connectivity index (χ1n) is 5.79. The second-order valence-electron chi connectivity index (χ2n) is 4.47. The van der Waals surface area contributed by atoms with Gasteiger partial charge in [0.15, 0.2) is 5.78 Å². The minimum atomic E-state index is -0.170. The zero-order valence-electron chi connectivity index (χ0n) is 10.1. The molecule has 0 amide bonds. The van der Waals surface area contributed by atoms with Crippen LogP contribution in [0.2, 0.25) is 0 Å². The third-order valence-corrected chi connectivity index (χ3v) is 3.62. The number of ketones is 1. The smallest absolute Gasteiger partial charge is 0.150 e. The molecule has 17 heavy (non-hydrogen) atoms. The van der Waals surface area contributed by atoms with Crippen LogP contribution in [-0.4, -0.2) is 18.4 Å². The zero-order valence-corrected chi connectivity index (χ0v) is 11.7. The Morgan fingerprint density at radius 3 is 2.94 bits per heavy atom. The molecule has 1 aliphatic heterocycles. The number of benzene rings is 1. The number of carbonyl (C=O) groups excluding carboxylic acids is 1. The Hall–Kier alpha value is -0.930. The lowest BCUT2D eigenvalue weighted by molar-refractivity contribution is -0.117. The Morgan fingerprint density at radius 1 is 1.47 bits per heavy atom. The van der Waals surface area contributed by atoms with E-state index >= 15 is 0 Å². The fraction of sp³-hybridized carbons (Fsp3) is 0.357. The normalized spacial score (nSPS) is 19.9. The first-order valence-corrected chi connectivity index (χ1v) is 6.58. The van der Waals surface area contributed by atoms with Crippen LogP contribution < -0.4 is 15.8 Å². The highest BCUT2D eigenvalue weighted by Crippen LogP contribution is 2.05. The maximum Gasteiger partial charge on any atom is 0.150 e. The lowest BCUT2D eigenvalue weighted by Crippen LogP contribution is -2.40. The van der Waals surface area contributed by atoms with Gasteiger partial charge in [0.05, 0.1) is 6.04 Å². The van der Waals surface area contributed by atoms with E-state index in [1.165, 1.54) is 10.8 Å². The van der Waals surface area contributed by atoms with Crippen LogP contribution in [0.1, 0.15) is 20.3 Å². The van der Waals surface area contributed by atoms with Gasteiger partial charge in [0.2, 0.25) is 0 Å². The molecule has 2 nitrogen and oxygen atoms in total. The average molecular weight is 294 g/mol. The molecule has 0 saturated heterocycles. The number of Topliss-reactive ketones (excluding diaryl/α,β-unsaturated/α-hetero) is 1. The Kier molecular flexibility index (Phi) is 3.79. The van der Waals surface area contributed by atoms with Gasteiger partial charge in [0.25, 0.3) is 0 Å². The van der Waals surface area contributed by atoms with E-state index < -0.39 is 0 Å². The molecule has 0 spiro atoms. The van der Waals surface area contributed by atoms with E-state index in [-0.39, 0.29) is 11.8 Å². The molecule has 1 aliphatic rings. The van der Waals surface area contributed by atoms with Crippen LogP contribution in [0.25, 0.3) is 11.6 Å². The lowest BCUT2D eigenvalue weighted by atomic mass is 10.0. The molecule has 1 heterocycles. The highest BCUT2D eigenvalue weighted by molar-refractivity contribution is 9.10. The number of halogens is 1. The van der Waals surface area contributed by atoms with E-state index in [1.54, 1.807) is 6.92 Å². The van der Waals surface area contributed by atoms with Crippen molar-refractivity contribution >= 4 is 33.4 Å². The van der Waals surface area contributed by atoms with Gasteiger partial charge in [-0.15, -0.1) is 0 Å². The van der Waals surface area contributed by atoms with Gasteiger partial charge in [-0.1, -0.05) is 33.6 Å². The largest absolute Gasteiger partial charge is 0.304 e. The molecule has 2 rings (SSSR count). The molecule has 0 fully saturated rings. The highest BCUT2D eigenvalue weighted by Gasteiger charge is 2.11. The van der Waals surface area contributed by atoms with Gasteiger partial charge in [-0.3, -0.25) is 4.79 Å². The predicted octanol–water partition coefficient (Wildman–Crippen LogP) is 1.35. The average Bonchev–Trinajstić information content (AvgIpc) is 2.25. The summed E-state index contributed by atoms with van der Waals surface area (Å²) in [5.74, 6) is 0.162. The lowest BCUT2D eigenvalue weighted by Gasteiger charge is -2.15. The summed E-state index contributed by atoms with van der Waals surface area (Å²) < 4.78 is 1.04. The van der Waals surface area contributed by atoms with Crippen molar-refractivity contribution in [3.05, 3.63) is 33.1 Å². The Balaban J connectivity index is 2.69. The Labute approximate surface area is 110 Å². The minimum absolute atomic E-state index is 0.162. The van der Waals surface area contributed by atoms with Crippen LogP contribution in [0.5, 0.6) is 0 Å². The van der Waals surface area contributed by atoms with Crippen molar-refractivity contribution < 1.29 is 4.79 Å². The topological polar surface area (TPSA) is 29.1 Å². The molecular weight excluding hydrogens is 278 g/mol. The summed E-state index contributed by atoms with van der Waals surface area (Å²) in [7, 11) is 0. The van der Waals surface area contributed by atoms with Gasteiger partial charge in [-0.25, -0.2) is 0 Å². The summed E-state index contributed by atoms with van der Waals surface area (Å²) in [5, 5.41) is 5.65. The predicted molar refractivity (Wildman–Crippen MR) is 74.0 cm³/mol. The summed E-state index contributed by atoms with van der Waals surface area (Å²) in [6, 6.07) is 6.07. The fourth-order valence-corrected chi connectivity index (χ4v) is 2.49. The Morgan fingerprint density at radius 2 is 2.24 bits per heavy atom. The molecule has 0 saturated carbocycles. The summed E-state index contributed by atoms with van der Waals surface area (Å²) >= 11 is 3.48. The number of carbonyl (C=O) groups is 1. The van der Waals surface area contributed by atoms with Gasteiger partial charge in [0.1, 0.15) is 0 Å². The monoisotopic (exact) mass is 293 g/mol. The van der Waals surface area contributed by atoms with Crippen LogP contribution in [0, 0.1) is 0 Å². The van der Waals surface area contributed by atoms with Crippen molar-refractivity contribution in [2.24, 2.45) is 0 Å². The van der Waals surface area contributed by atoms with E-state index in [2.05, 4.69) is 40.3 Å². The SMILES string of the molecule is CC(=O)C1C=c2cc(Br)ccc2=C(C)CCN1. The maximum atomic E-state index is 11.5. The van der Waals surface area contributed by atoms with Gasteiger partial charge in [0, 0.05) is 4.47 Å². The molecule has 1 aromatic carbocycles. The van der Waals surface area contributed by atoms with Crippen molar-refractivity contribution in [1.82, 2.24) is 5.32 Å². The van der Waals surface area contributed by atoms with Crippen molar-refractivity contribution in [1.29, 1.82) is 0 Å². The second-order valence-corrected chi connectivity index (χ2v) is 5.39. The fourth-order valence-electron chi connectivity index (χ4n) is 2.11. The summed E-state index contributed by atoms with van der Waals surface area (Å²) in [6.45, 7) is 4.63. The molecule has 0 radical (unpaired) electrons. The van der Waals surface area contributed by atoms with Crippen molar-refractivity contribution in [2.45, 2.75) is 26.3 Å². The molecule has 0 aliphatic carbocycles.